The molecule has 0 aromatic carbocycles. The number of methoxy groups -OCH3 is 1. The third-order valence-corrected chi connectivity index (χ3v) is 4.35. The Hall–Kier alpha value is -0.460. The summed E-state index contributed by atoms with van der Waals surface area (Å²) in [7, 11) is 1.72. The fourth-order valence-corrected chi connectivity index (χ4v) is 2.80. The fourth-order valence-electron chi connectivity index (χ4n) is 2.80. The quantitative estimate of drug-likeness (QED) is 0.200. The van der Waals surface area contributed by atoms with Gasteiger partial charge in [0.05, 0.1) is 12.9 Å². The third kappa shape index (κ3) is 17.5. The Kier molecular flexibility index (Phi) is 17.2. The van der Waals surface area contributed by atoms with E-state index in [1.807, 2.05) is 0 Å². The maximum absolute atomic E-state index is 5.07. The van der Waals surface area contributed by atoms with E-state index in [2.05, 4.69) is 13.5 Å². The summed E-state index contributed by atoms with van der Waals surface area (Å²) in [4.78, 5) is 0. The number of hydrogen-bond donors (Lipinski definition) is 0. The van der Waals surface area contributed by atoms with Crippen LogP contribution in [0.1, 0.15) is 110 Å². The van der Waals surface area contributed by atoms with Gasteiger partial charge in [-0.15, -0.1) is 0 Å². The van der Waals surface area contributed by atoms with E-state index < -0.39 is 0 Å². The van der Waals surface area contributed by atoms with E-state index in [1.165, 1.54) is 96.3 Å². The minimum atomic E-state index is 0.935. The molecule has 1 heteroatoms. The fraction of sp³-hybridized carbons (Fsp3) is 0.900. The van der Waals surface area contributed by atoms with Crippen LogP contribution in [0.15, 0.2) is 12.3 Å². The van der Waals surface area contributed by atoms with Crippen LogP contribution in [-0.2, 0) is 4.74 Å². The number of unbranched alkanes of at least 4 members (excludes halogenated alkanes) is 14. The van der Waals surface area contributed by atoms with Crippen molar-refractivity contribution in [3.8, 4) is 0 Å². The van der Waals surface area contributed by atoms with E-state index in [0.717, 1.165) is 12.2 Å². The van der Waals surface area contributed by atoms with Gasteiger partial charge in [0.2, 0.25) is 0 Å². The standard InChI is InChI=1S/C20H40O/c1-4-5-6-7-8-9-10-11-12-13-14-15-16-17-18-19-20(2)21-3/h2,4-19H2,1,3H3. The molecule has 1 nitrogen and oxygen atoms in total. The van der Waals surface area contributed by atoms with Crippen molar-refractivity contribution in [2.45, 2.75) is 110 Å². The van der Waals surface area contributed by atoms with E-state index in [4.69, 9.17) is 4.74 Å². The molecule has 0 rings (SSSR count). The Bertz CT molecular complexity index is 210. The molecule has 126 valence electrons. The first-order valence-corrected chi connectivity index (χ1v) is 9.53. The molecule has 21 heavy (non-hydrogen) atoms. The number of rotatable bonds is 17. The first-order valence-electron chi connectivity index (χ1n) is 9.53. The van der Waals surface area contributed by atoms with Crippen LogP contribution in [0.5, 0.6) is 0 Å². The van der Waals surface area contributed by atoms with Crippen LogP contribution in [0.2, 0.25) is 0 Å². The lowest BCUT2D eigenvalue weighted by Gasteiger charge is -2.04. The van der Waals surface area contributed by atoms with Crippen LogP contribution in [-0.4, -0.2) is 7.11 Å². The Labute approximate surface area is 134 Å². The molecule has 0 aliphatic carbocycles. The van der Waals surface area contributed by atoms with E-state index in [-0.39, 0.29) is 0 Å². The zero-order chi connectivity index (χ0) is 15.6. The topological polar surface area (TPSA) is 9.23 Å². The Morgan fingerprint density at radius 3 is 1.29 bits per heavy atom. The maximum atomic E-state index is 5.07. The molecule has 0 saturated heterocycles. The second kappa shape index (κ2) is 17.6. The molecule has 0 amide bonds. The highest BCUT2D eigenvalue weighted by Crippen LogP contribution is 2.14. The zero-order valence-corrected chi connectivity index (χ0v) is 14.9. The predicted molar refractivity (Wildman–Crippen MR) is 95.7 cm³/mol. The van der Waals surface area contributed by atoms with Crippen molar-refractivity contribution >= 4 is 0 Å². The Morgan fingerprint density at radius 2 is 0.952 bits per heavy atom. The van der Waals surface area contributed by atoms with Gasteiger partial charge in [-0.25, -0.2) is 0 Å². The molecular weight excluding hydrogens is 256 g/mol. The molecular formula is C20H40O. The van der Waals surface area contributed by atoms with Gasteiger partial charge in [-0.3, -0.25) is 0 Å². The van der Waals surface area contributed by atoms with Crippen LogP contribution in [0, 0.1) is 0 Å². The molecule has 0 heterocycles. The van der Waals surface area contributed by atoms with Gasteiger partial charge in [-0.1, -0.05) is 103 Å². The van der Waals surface area contributed by atoms with Crippen molar-refractivity contribution in [3.63, 3.8) is 0 Å². The molecule has 0 aliphatic heterocycles. The van der Waals surface area contributed by atoms with Gasteiger partial charge in [0.1, 0.15) is 0 Å². The minimum Gasteiger partial charge on any atom is -0.502 e. The number of allylic oxidation sites excluding steroid dienone is 1. The molecule has 0 aromatic rings. The van der Waals surface area contributed by atoms with Crippen LogP contribution in [0.25, 0.3) is 0 Å². The molecule has 0 atom stereocenters. The predicted octanol–water partition coefficient (Wildman–Crippen LogP) is 7.41. The molecule has 0 unspecified atom stereocenters. The van der Waals surface area contributed by atoms with Gasteiger partial charge in [0.15, 0.2) is 0 Å². The normalized spacial score (nSPS) is 10.8. The van der Waals surface area contributed by atoms with Gasteiger partial charge in [-0.2, -0.15) is 0 Å². The Balaban J connectivity index is 2.98. The second-order valence-electron chi connectivity index (χ2n) is 6.44. The minimum absolute atomic E-state index is 0.935. The van der Waals surface area contributed by atoms with Crippen molar-refractivity contribution in [2.75, 3.05) is 7.11 Å². The van der Waals surface area contributed by atoms with Crippen molar-refractivity contribution in [1.82, 2.24) is 0 Å². The van der Waals surface area contributed by atoms with Crippen molar-refractivity contribution in [2.24, 2.45) is 0 Å². The summed E-state index contributed by atoms with van der Waals surface area (Å²) < 4.78 is 5.07. The van der Waals surface area contributed by atoms with E-state index >= 15 is 0 Å². The molecule has 0 saturated carbocycles. The Morgan fingerprint density at radius 1 is 0.619 bits per heavy atom. The van der Waals surface area contributed by atoms with Gasteiger partial charge in [-0.05, 0) is 6.42 Å². The third-order valence-electron chi connectivity index (χ3n) is 4.35. The van der Waals surface area contributed by atoms with E-state index in [0.29, 0.717) is 0 Å². The first-order chi connectivity index (χ1) is 10.3. The van der Waals surface area contributed by atoms with E-state index in [9.17, 15) is 0 Å². The summed E-state index contributed by atoms with van der Waals surface area (Å²) in [5, 5.41) is 0. The lowest BCUT2D eigenvalue weighted by Crippen LogP contribution is -1.86. The zero-order valence-electron chi connectivity index (χ0n) is 14.9. The number of hydrogen-bond acceptors (Lipinski definition) is 1. The molecule has 0 N–H and O–H groups in total. The molecule has 0 spiro atoms. The van der Waals surface area contributed by atoms with Crippen LogP contribution in [0.3, 0.4) is 0 Å². The van der Waals surface area contributed by atoms with E-state index in [1.54, 1.807) is 7.11 Å². The average Bonchev–Trinajstić information content (AvgIpc) is 2.50. The summed E-state index contributed by atoms with van der Waals surface area (Å²) in [5.74, 6) is 0.935. The summed E-state index contributed by atoms with van der Waals surface area (Å²) in [5.41, 5.74) is 0. The monoisotopic (exact) mass is 296 g/mol. The highest BCUT2D eigenvalue weighted by molar-refractivity contribution is 4.80. The highest BCUT2D eigenvalue weighted by atomic mass is 16.5. The van der Waals surface area contributed by atoms with Gasteiger partial charge in [0, 0.05) is 6.42 Å². The summed E-state index contributed by atoms with van der Waals surface area (Å²) in [6, 6.07) is 0. The summed E-state index contributed by atoms with van der Waals surface area (Å²) >= 11 is 0. The van der Waals surface area contributed by atoms with Crippen LogP contribution < -0.4 is 0 Å². The molecule has 0 radical (unpaired) electrons. The van der Waals surface area contributed by atoms with Gasteiger partial charge >= 0.3 is 0 Å². The molecule has 0 aliphatic rings. The van der Waals surface area contributed by atoms with Crippen molar-refractivity contribution in [3.05, 3.63) is 12.3 Å². The largest absolute Gasteiger partial charge is 0.502 e. The molecule has 0 aromatic heterocycles. The second-order valence-corrected chi connectivity index (χ2v) is 6.44. The van der Waals surface area contributed by atoms with Gasteiger partial charge in [0.25, 0.3) is 0 Å². The first kappa shape index (κ1) is 20.5. The van der Waals surface area contributed by atoms with Crippen LogP contribution in [0.4, 0.5) is 0 Å². The molecule has 0 bridgehead atoms. The average molecular weight is 297 g/mol. The maximum Gasteiger partial charge on any atom is 0.0883 e. The van der Waals surface area contributed by atoms with Crippen molar-refractivity contribution in [1.29, 1.82) is 0 Å². The lowest BCUT2D eigenvalue weighted by molar-refractivity contribution is 0.276. The smallest absolute Gasteiger partial charge is 0.0883 e. The summed E-state index contributed by atoms with van der Waals surface area (Å²) in [6.45, 7) is 6.14. The number of ether oxygens (including phenoxy) is 1. The summed E-state index contributed by atoms with van der Waals surface area (Å²) in [6.07, 6.45) is 22.3. The highest BCUT2D eigenvalue weighted by Gasteiger charge is 1.95. The SMILES string of the molecule is C=C(CCCCCCCCCCCCCCCCC)OC. The van der Waals surface area contributed by atoms with Crippen molar-refractivity contribution < 1.29 is 4.74 Å². The molecule has 0 fully saturated rings. The lowest BCUT2D eigenvalue weighted by atomic mass is 10.0. The van der Waals surface area contributed by atoms with Crippen LogP contribution >= 0.6 is 0 Å². The van der Waals surface area contributed by atoms with Gasteiger partial charge < -0.3 is 4.74 Å².